The molecule has 5 aliphatic carbocycles. The van der Waals surface area contributed by atoms with Crippen LogP contribution in [0.1, 0.15) is 150 Å². The van der Waals surface area contributed by atoms with Gasteiger partial charge in [0.2, 0.25) is 0 Å². The molecular weight excluding hydrogens is 580 g/mol. The van der Waals surface area contributed by atoms with Gasteiger partial charge in [0.15, 0.2) is 0 Å². The maximum absolute atomic E-state index is 13.6. The summed E-state index contributed by atoms with van der Waals surface area (Å²) in [5.74, 6) is 0.827. The number of allylic oxidation sites excluding steroid dienone is 2. The second kappa shape index (κ2) is 11.5. The topological polar surface area (TPSA) is 63.6 Å². The molecule has 47 heavy (non-hydrogen) atoms. The summed E-state index contributed by atoms with van der Waals surface area (Å²) >= 11 is 0. The van der Waals surface area contributed by atoms with Crippen LogP contribution in [0, 0.1) is 56.2 Å². The van der Waals surface area contributed by atoms with Gasteiger partial charge in [-0.1, -0.05) is 98.2 Å². The molecule has 0 radical (unpaired) electrons. The summed E-state index contributed by atoms with van der Waals surface area (Å²) in [5, 5.41) is 10.7. The van der Waals surface area contributed by atoms with Crippen molar-refractivity contribution in [2.45, 2.75) is 152 Å². The van der Waals surface area contributed by atoms with Gasteiger partial charge in [-0.15, -0.1) is 0 Å². The van der Waals surface area contributed by atoms with Crippen LogP contribution in [0.5, 0.6) is 0 Å². The number of hydrogen-bond donors (Lipinski definition) is 1. The minimum absolute atomic E-state index is 0.0224. The average molecular weight is 645 g/mol. The first-order valence-corrected chi connectivity index (χ1v) is 19.0. The van der Waals surface area contributed by atoms with Crippen LogP contribution in [0.15, 0.2) is 35.9 Å². The fraction of sp³-hybridized carbons (Fsp3) is 0.767. The van der Waals surface area contributed by atoms with E-state index in [0.717, 1.165) is 76.2 Å². The largest absolute Gasteiger partial charge is 0.481 e. The third-order valence-electron chi connectivity index (χ3n) is 15.7. The third kappa shape index (κ3) is 5.27. The van der Waals surface area contributed by atoms with Crippen molar-refractivity contribution in [1.82, 2.24) is 0 Å². The molecule has 0 aromatic heterocycles. The summed E-state index contributed by atoms with van der Waals surface area (Å²) in [4.78, 5) is 26.6. The van der Waals surface area contributed by atoms with Gasteiger partial charge in [-0.25, -0.2) is 0 Å². The Morgan fingerprint density at radius 2 is 1.51 bits per heavy atom. The van der Waals surface area contributed by atoms with E-state index in [1.54, 1.807) is 0 Å². The lowest BCUT2D eigenvalue weighted by molar-refractivity contribution is -0.214. The highest BCUT2D eigenvalue weighted by atomic mass is 16.5. The number of carbonyl (C=O) groups is 2. The molecule has 1 aromatic carbocycles. The van der Waals surface area contributed by atoms with E-state index in [-0.39, 0.29) is 51.0 Å². The van der Waals surface area contributed by atoms with E-state index >= 15 is 0 Å². The van der Waals surface area contributed by atoms with Crippen LogP contribution in [0.25, 0.3) is 0 Å². The van der Waals surface area contributed by atoms with E-state index in [1.807, 2.05) is 6.92 Å². The van der Waals surface area contributed by atoms with Gasteiger partial charge >= 0.3 is 11.9 Å². The molecule has 1 unspecified atom stereocenters. The quantitative estimate of drug-likeness (QED) is 0.247. The van der Waals surface area contributed by atoms with Crippen LogP contribution < -0.4 is 0 Å². The zero-order chi connectivity index (χ0) is 34.4. The lowest BCUT2D eigenvalue weighted by Gasteiger charge is -2.71. The number of ether oxygens (including phenoxy) is 1. The average Bonchev–Trinajstić information content (AvgIpc) is 2.98. The number of aliphatic carboxylic acids is 1. The lowest BCUT2D eigenvalue weighted by atomic mass is 9.33. The number of rotatable bonds is 6. The molecule has 0 spiro atoms. The summed E-state index contributed by atoms with van der Waals surface area (Å²) in [6.45, 7) is 23.6. The van der Waals surface area contributed by atoms with Crippen LogP contribution in [0.2, 0.25) is 0 Å². The molecule has 1 aromatic rings. The number of benzene rings is 1. The molecule has 0 saturated heterocycles. The van der Waals surface area contributed by atoms with Crippen molar-refractivity contribution in [1.29, 1.82) is 0 Å². The van der Waals surface area contributed by atoms with Crippen molar-refractivity contribution in [2.24, 2.45) is 56.2 Å². The SMILES string of the molecule is CC(C)Cc1ccc(C(C)C(=O)O[C@H]2CC[C@]3(C)[C@H]4CC=C5[C@@H]6CC(C)(C)CC[C@]6(C(=O)O)CC[C@@]5(C)[C@]4(C)CC[C@H]3C2(C)C)cc1. The lowest BCUT2D eigenvalue weighted by Crippen LogP contribution is -2.65. The normalized spacial score (nSPS) is 41.0. The van der Waals surface area contributed by atoms with E-state index < -0.39 is 11.4 Å². The second-order valence-electron chi connectivity index (χ2n) is 19.5. The number of carbonyl (C=O) groups excluding carboxylic acids is 1. The van der Waals surface area contributed by atoms with E-state index in [1.165, 1.54) is 11.1 Å². The first kappa shape index (κ1) is 34.8. The molecule has 5 aliphatic rings. The first-order chi connectivity index (χ1) is 21.8. The van der Waals surface area contributed by atoms with Crippen LogP contribution >= 0.6 is 0 Å². The van der Waals surface area contributed by atoms with Crippen LogP contribution in [0.3, 0.4) is 0 Å². The van der Waals surface area contributed by atoms with Gasteiger partial charge in [0, 0.05) is 5.41 Å². The molecule has 0 aliphatic heterocycles. The predicted molar refractivity (Wildman–Crippen MR) is 190 cm³/mol. The van der Waals surface area contributed by atoms with E-state index in [0.29, 0.717) is 17.8 Å². The molecule has 0 bridgehead atoms. The fourth-order valence-electron chi connectivity index (χ4n) is 12.6. The molecule has 1 N–H and O–H groups in total. The van der Waals surface area contributed by atoms with Crippen molar-refractivity contribution in [3.63, 3.8) is 0 Å². The minimum atomic E-state index is -0.595. The maximum Gasteiger partial charge on any atom is 0.313 e. The third-order valence-corrected chi connectivity index (χ3v) is 15.7. The van der Waals surface area contributed by atoms with Gasteiger partial charge in [0.05, 0.1) is 11.3 Å². The van der Waals surface area contributed by atoms with Gasteiger partial charge < -0.3 is 9.84 Å². The highest BCUT2D eigenvalue weighted by Gasteiger charge is 2.69. The Morgan fingerprint density at radius 3 is 2.15 bits per heavy atom. The highest BCUT2D eigenvalue weighted by Crippen LogP contribution is 2.75. The van der Waals surface area contributed by atoms with E-state index in [4.69, 9.17) is 4.74 Å². The molecule has 4 saturated carbocycles. The molecule has 9 atom stereocenters. The van der Waals surface area contributed by atoms with Crippen LogP contribution in [-0.2, 0) is 20.7 Å². The summed E-state index contributed by atoms with van der Waals surface area (Å²) in [6.07, 6.45) is 13.4. The number of carboxylic acids is 1. The van der Waals surface area contributed by atoms with E-state index in [9.17, 15) is 14.7 Å². The molecular formula is C43H64O4. The van der Waals surface area contributed by atoms with Gasteiger partial charge in [-0.3, -0.25) is 9.59 Å². The number of fused-ring (bicyclic) bond motifs is 7. The van der Waals surface area contributed by atoms with Gasteiger partial charge in [0.1, 0.15) is 6.10 Å². The van der Waals surface area contributed by atoms with Gasteiger partial charge in [-0.2, -0.15) is 0 Å². The van der Waals surface area contributed by atoms with Crippen molar-refractivity contribution in [2.75, 3.05) is 0 Å². The monoisotopic (exact) mass is 644 g/mol. The van der Waals surface area contributed by atoms with E-state index in [2.05, 4.69) is 92.7 Å². The molecule has 6 rings (SSSR count). The summed E-state index contributed by atoms with van der Waals surface area (Å²) in [7, 11) is 0. The second-order valence-corrected chi connectivity index (χ2v) is 19.5. The molecule has 0 heterocycles. The van der Waals surface area contributed by atoms with Crippen LogP contribution in [-0.4, -0.2) is 23.1 Å². The summed E-state index contributed by atoms with van der Waals surface area (Å²) in [6, 6.07) is 8.56. The molecule has 0 amide bonds. The Kier molecular flexibility index (Phi) is 8.49. The molecule has 260 valence electrons. The van der Waals surface area contributed by atoms with Crippen LogP contribution in [0.4, 0.5) is 0 Å². The van der Waals surface area contributed by atoms with Gasteiger partial charge in [0.25, 0.3) is 0 Å². The minimum Gasteiger partial charge on any atom is -0.481 e. The van der Waals surface area contributed by atoms with Crippen molar-refractivity contribution in [3.05, 3.63) is 47.0 Å². The first-order valence-electron chi connectivity index (χ1n) is 19.0. The zero-order valence-electron chi connectivity index (χ0n) is 31.3. The van der Waals surface area contributed by atoms with Crippen molar-refractivity contribution < 1.29 is 19.4 Å². The Morgan fingerprint density at radius 1 is 0.851 bits per heavy atom. The molecule has 4 nitrogen and oxygen atoms in total. The Hall–Kier alpha value is -2.10. The maximum atomic E-state index is 13.6. The van der Waals surface area contributed by atoms with Crippen molar-refractivity contribution in [3.8, 4) is 0 Å². The Labute approximate surface area is 285 Å². The summed E-state index contributed by atoms with van der Waals surface area (Å²) in [5.41, 5.74) is 3.61. The Balaban J connectivity index is 1.24. The fourth-order valence-corrected chi connectivity index (χ4v) is 12.6. The zero-order valence-corrected chi connectivity index (χ0v) is 31.3. The smallest absolute Gasteiger partial charge is 0.313 e. The standard InChI is InChI=1S/C43H64O4/c1-27(2)25-29-11-13-30(14-12-29)28(3)36(44)47-35-18-19-40(8)33(39(35,6)7)17-20-42(10)34(40)16-15-31-32-26-38(4,5)21-23-43(32,37(45)46)24-22-41(31,42)9/h11-15,27-28,32-35H,16-26H2,1-10H3,(H,45,46)/t28?,32-,33-,34+,35-,40-,41+,42+,43-/m0/s1. The number of hydrogen-bond acceptors (Lipinski definition) is 3. The van der Waals surface area contributed by atoms with Gasteiger partial charge in [-0.05, 0) is 134 Å². The van der Waals surface area contributed by atoms with Crippen molar-refractivity contribution >= 4 is 11.9 Å². The molecule has 4 heteroatoms. The predicted octanol–water partition coefficient (Wildman–Crippen LogP) is 10.8. The number of esters is 1. The highest BCUT2D eigenvalue weighted by molar-refractivity contribution is 5.78. The molecule has 4 fully saturated rings. The summed E-state index contributed by atoms with van der Waals surface area (Å²) < 4.78 is 6.48. The number of carboxylic acid groups (broad SMARTS) is 1. The Bertz CT molecular complexity index is 1420.